The van der Waals surface area contributed by atoms with E-state index in [0.29, 0.717) is 83.6 Å². The fraction of sp³-hybridized carbons (Fsp3) is 0.241. The van der Waals surface area contributed by atoms with Gasteiger partial charge in [-0.05, 0) is 132 Å². The highest BCUT2D eigenvalue weighted by Crippen LogP contribution is 2.35. The molecule has 0 spiro atoms. The third kappa shape index (κ3) is 15.1. The van der Waals surface area contributed by atoms with Gasteiger partial charge in [-0.3, -0.25) is 41.8 Å². The summed E-state index contributed by atoms with van der Waals surface area (Å²) in [5, 5.41) is 16.9. The van der Waals surface area contributed by atoms with E-state index in [1.165, 1.54) is 20.0 Å². The first-order valence-corrected chi connectivity index (χ1v) is 35.8. The zero-order valence-electron chi connectivity index (χ0n) is 62.0. The van der Waals surface area contributed by atoms with Crippen LogP contribution in [0.4, 0.5) is 34.5 Å². The van der Waals surface area contributed by atoms with Crippen LogP contribution in [0, 0.1) is 24.7 Å². The topological polar surface area (TPSA) is 228 Å². The Hall–Kier alpha value is -13.0. The van der Waals surface area contributed by atoms with Gasteiger partial charge in [0.05, 0.1) is 27.9 Å². The summed E-state index contributed by atoms with van der Waals surface area (Å²) in [7, 11) is 6.61. The van der Waals surface area contributed by atoms with Gasteiger partial charge in [0.2, 0.25) is 0 Å². The molecule has 0 amide bonds. The monoisotopic (exact) mass is 1430 g/mol. The highest BCUT2D eigenvalue weighted by molar-refractivity contribution is 5.96. The standard InChI is InChI=1S/C29H31N5O2.C27H29N7O2.C27H28N6O2/c1-21(2)18-34-25-20-33(19-22-12-14-24(15-13-22)32-16-8-9-17-32)27(26(25)28(35)31(4)29(34)36)30(3)23-10-6-5-7-11-23;1-18(2)14-33-24-19(3)32(15-20-10-12-22(13-11-20)34-17-28-16-29-34)25(30-21-8-6-5-7-9-21)23(24)26(35)31(4)27(33)36;1-19(2)16-32-23-18-31(17-20-10-12-22(13-11-20)33-15-7-14-28-33)25(29-21-8-5-4-6-9-21)24(23)26(34)30(3)27(32)35/h5-17,20-21H,18-19H2,1-4H3;5-13,16-18,30H,14-15H2,1-4H3;4-15,18-19,29H,16-17H2,1-3H3. The lowest BCUT2D eigenvalue weighted by atomic mass is 10.2. The van der Waals surface area contributed by atoms with E-state index in [1.54, 1.807) is 52.1 Å². The molecule has 0 saturated heterocycles. The lowest BCUT2D eigenvalue weighted by Gasteiger charge is -2.22. The zero-order valence-corrected chi connectivity index (χ0v) is 62.0. The summed E-state index contributed by atoms with van der Waals surface area (Å²) in [6.07, 6.45) is 14.7. The van der Waals surface area contributed by atoms with Gasteiger partial charge in [0.15, 0.2) is 0 Å². The molecular weight excluding hydrogens is 1350 g/mol. The number of nitrogens with zero attached hydrogens (tertiary/aromatic N) is 16. The van der Waals surface area contributed by atoms with Crippen molar-refractivity contribution in [1.29, 1.82) is 0 Å². The highest BCUT2D eigenvalue weighted by atomic mass is 16.2. The fourth-order valence-corrected chi connectivity index (χ4v) is 13.7. The van der Waals surface area contributed by atoms with Crippen molar-refractivity contribution in [3.05, 3.63) is 317 Å². The van der Waals surface area contributed by atoms with Crippen molar-refractivity contribution in [3.63, 3.8) is 0 Å². The van der Waals surface area contributed by atoms with Gasteiger partial charge in [0, 0.05) is 133 Å². The van der Waals surface area contributed by atoms with Crippen LogP contribution >= 0.6 is 0 Å². The van der Waals surface area contributed by atoms with Crippen LogP contribution in [-0.2, 0) is 60.4 Å². The quantitative estimate of drug-likeness (QED) is 0.0685. The molecule has 15 aromatic rings. The molecule has 15 rings (SSSR count). The van der Waals surface area contributed by atoms with E-state index in [0.717, 1.165) is 62.3 Å². The van der Waals surface area contributed by atoms with Crippen LogP contribution in [0.2, 0.25) is 0 Å². The molecule has 6 aromatic carbocycles. The van der Waals surface area contributed by atoms with Crippen molar-refractivity contribution in [1.82, 2.24) is 70.2 Å². The van der Waals surface area contributed by atoms with Crippen LogP contribution in [0.15, 0.2) is 261 Å². The van der Waals surface area contributed by atoms with E-state index in [9.17, 15) is 28.8 Å². The molecule has 2 N–H and O–H groups in total. The lowest BCUT2D eigenvalue weighted by molar-refractivity contribution is 0.502. The van der Waals surface area contributed by atoms with Crippen LogP contribution in [0.25, 0.3) is 49.8 Å². The van der Waals surface area contributed by atoms with E-state index in [-0.39, 0.29) is 51.5 Å². The molecule has 0 aliphatic carbocycles. The molecule has 24 heteroatoms. The molecule has 0 unspecified atom stereocenters. The molecule has 546 valence electrons. The minimum absolute atomic E-state index is 0.237. The van der Waals surface area contributed by atoms with Gasteiger partial charge < -0.3 is 33.8 Å². The van der Waals surface area contributed by atoms with E-state index in [2.05, 4.69) is 105 Å². The number of para-hydroxylation sites is 3. The number of benzene rings is 6. The Morgan fingerprint density at radius 2 is 0.879 bits per heavy atom. The maximum absolute atomic E-state index is 13.5. The van der Waals surface area contributed by atoms with Crippen LogP contribution in [0.1, 0.15) is 63.9 Å². The summed E-state index contributed by atoms with van der Waals surface area (Å²) in [5.74, 6) is 2.85. The van der Waals surface area contributed by atoms with Gasteiger partial charge in [0.25, 0.3) is 16.7 Å². The molecule has 0 saturated carbocycles. The Labute approximate surface area is 617 Å². The Balaban J connectivity index is 0.000000142. The van der Waals surface area contributed by atoms with Crippen LogP contribution in [-0.4, -0.2) is 77.3 Å². The van der Waals surface area contributed by atoms with Gasteiger partial charge >= 0.3 is 17.1 Å². The smallest absolute Gasteiger partial charge is 0.331 e. The largest absolute Gasteiger partial charge is 0.341 e. The fourth-order valence-electron chi connectivity index (χ4n) is 13.7. The van der Waals surface area contributed by atoms with Gasteiger partial charge in [-0.1, -0.05) is 133 Å². The second-order valence-corrected chi connectivity index (χ2v) is 28.2. The molecule has 0 aliphatic rings. The average molecular weight is 1430 g/mol. The van der Waals surface area contributed by atoms with Crippen LogP contribution < -0.4 is 49.3 Å². The van der Waals surface area contributed by atoms with Gasteiger partial charge in [-0.15, -0.1) is 0 Å². The molecule has 0 radical (unpaired) electrons. The third-order valence-electron chi connectivity index (χ3n) is 18.9. The van der Waals surface area contributed by atoms with E-state index in [1.807, 2.05) is 217 Å². The number of anilines is 6. The number of aryl methyl sites for hydroxylation is 1. The normalized spacial score (nSPS) is 11.5. The molecule has 0 atom stereocenters. The van der Waals surface area contributed by atoms with Crippen LogP contribution in [0.5, 0.6) is 0 Å². The minimum Gasteiger partial charge on any atom is -0.341 e. The van der Waals surface area contributed by atoms with Crippen molar-refractivity contribution in [2.45, 2.75) is 87.7 Å². The summed E-state index contributed by atoms with van der Waals surface area (Å²) in [6, 6.07) is 59.9. The molecule has 9 heterocycles. The Morgan fingerprint density at radius 3 is 1.39 bits per heavy atom. The number of aromatic nitrogens is 15. The van der Waals surface area contributed by atoms with Gasteiger partial charge in [-0.25, -0.2) is 28.7 Å². The summed E-state index contributed by atoms with van der Waals surface area (Å²) < 4.78 is 20.6. The van der Waals surface area contributed by atoms with Crippen molar-refractivity contribution in [2.75, 3.05) is 22.6 Å². The molecular formula is C83H88N18O6. The van der Waals surface area contributed by atoms with Gasteiger partial charge in [-0.2, -0.15) is 10.2 Å². The van der Waals surface area contributed by atoms with E-state index >= 15 is 0 Å². The molecule has 0 aliphatic heterocycles. The Kier molecular flexibility index (Phi) is 21.1. The number of fused-ring (bicyclic) bond motifs is 3. The van der Waals surface area contributed by atoms with E-state index in [4.69, 9.17) is 0 Å². The van der Waals surface area contributed by atoms with E-state index < -0.39 is 0 Å². The summed E-state index contributed by atoms with van der Waals surface area (Å²) in [4.78, 5) is 85.6. The minimum atomic E-state index is -0.309. The SMILES string of the molecule is CC(C)Cn1c(=O)n(C)c(=O)c2c(N(C)c3ccccc3)n(Cc3ccc(-n4cccc4)cc3)cc21.CC(C)Cn1c(=O)n(C)c(=O)c2c(Nc3ccccc3)n(Cc3ccc(-n4cccn4)cc3)cc21.Cc1c2c(c(Nc3ccccc3)n1Cc1ccc(-n3cncn3)cc1)c(=O)n(C)c(=O)n2CC(C)C. The number of nitrogens with one attached hydrogen (secondary N) is 2. The first-order valence-electron chi connectivity index (χ1n) is 35.8. The lowest BCUT2D eigenvalue weighted by Crippen LogP contribution is -2.38. The Morgan fingerprint density at radius 1 is 0.430 bits per heavy atom. The second-order valence-electron chi connectivity index (χ2n) is 28.2. The predicted octanol–water partition coefficient (Wildman–Crippen LogP) is 12.7. The summed E-state index contributed by atoms with van der Waals surface area (Å²) >= 11 is 0. The Bertz CT molecular complexity index is 5980. The summed E-state index contributed by atoms with van der Waals surface area (Å²) in [6.45, 7) is 17.6. The number of rotatable bonds is 21. The maximum Gasteiger partial charge on any atom is 0.331 e. The van der Waals surface area contributed by atoms with Crippen molar-refractivity contribution >= 4 is 67.2 Å². The van der Waals surface area contributed by atoms with Crippen LogP contribution in [0.3, 0.4) is 0 Å². The predicted molar refractivity (Wildman–Crippen MR) is 426 cm³/mol. The molecule has 107 heavy (non-hydrogen) atoms. The zero-order chi connectivity index (χ0) is 75.3. The first kappa shape index (κ1) is 72.4. The highest BCUT2D eigenvalue weighted by Gasteiger charge is 2.27. The van der Waals surface area contributed by atoms with Crippen molar-refractivity contribution in [3.8, 4) is 17.1 Å². The van der Waals surface area contributed by atoms with Crippen molar-refractivity contribution < 1.29 is 0 Å². The van der Waals surface area contributed by atoms with Crippen molar-refractivity contribution in [2.24, 2.45) is 38.9 Å². The second kappa shape index (κ2) is 31.1. The average Bonchev–Trinajstić information content (AvgIpc) is 1.61. The number of hydrogen-bond acceptors (Lipinski definition) is 12. The third-order valence-corrected chi connectivity index (χ3v) is 18.9. The molecule has 0 fully saturated rings. The van der Waals surface area contributed by atoms with Gasteiger partial charge in [0.1, 0.15) is 46.3 Å². The maximum atomic E-state index is 13.5. The summed E-state index contributed by atoms with van der Waals surface area (Å²) in [5.41, 5.74) is 9.92. The molecule has 24 nitrogen and oxygen atoms in total. The number of hydrogen-bond donors (Lipinski definition) is 2. The molecule has 0 bridgehead atoms. The first-order chi connectivity index (χ1) is 51.6. The molecule has 9 aromatic heterocycles.